The van der Waals surface area contributed by atoms with E-state index in [1.165, 1.54) is 8.20 Å². The molecular formula is C8H19PSi. The van der Waals surface area contributed by atoms with Crippen molar-refractivity contribution in [3.63, 3.8) is 0 Å². The van der Waals surface area contributed by atoms with Crippen LogP contribution < -0.4 is 0 Å². The van der Waals surface area contributed by atoms with Gasteiger partial charge in [-0.15, -0.1) is 8.20 Å². The van der Waals surface area contributed by atoms with Crippen LogP contribution >= 0.6 is 8.20 Å². The molecule has 10 heavy (non-hydrogen) atoms. The number of hydrogen-bond acceptors (Lipinski definition) is 0. The van der Waals surface area contributed by atoms with Gasteiger partial charge in [-0.05, 0) is 0 Å². The molecular weight excluding hydrogens is 155 g/mol. The van der Waals surface area contributed by atoms with E-state index in [9.17, 15) is 0 Å². The lowest BCUT2D eigenvalue weighted by Gasteiger charge is -2.14. The Bertz CT molecular complexity index is 109. The summed E-state index contributed by atoms with van der Waals surface area (Å²) in [7, 11) is 0.599. The highest BCUT2D eigenvalue weighted by molar-refractivity contribution is 7.48. The van der Waals surface area contributed by atoms with Crippen molar-refractivity contribution in [3.8, 4) is 0 Å². The minimum atomic E-state index is -0.904. The molecule has 0 aliphatic heterocycles. The zero-order chi connectivity index (χ0) is 8.41. The van der Waals surface area contributed by atoms with Crippen LogP contribution in [0.2, 0.25) is 19.6 Å². The smallest absolute Gasteiger partial charge is 0.0737 e. The molecule has 0 radical (unpaired) electrons. The third kappa shape index (κ3) is 8.39. The van der Waals surface area contributed by atoms with Gasteiger partial charge in [0, 0.05) is 5.16 Å². The van der Waals surface area contributed by atoms with Crippen molar-refractivity contribution in [1.29, 1.82) is 0 Å². The van der Waals surface area contributed by atoms with Crippen molar-refractivity contribution >= 4 is 21.7 Å². The van der Waals surface area contributed by atoms with Crippen molar-refractivity contribution in [2.75, 3.05) is 0 Å². The Kier molecular flexibility index (Phi) is 3.31. The molecule has 0 aromatic rings. The Morgan fingerprint density at radius 1 is 1.10 bits per heavy atom. The van der Waals surface area contributed by atoms with Crippen LogP contribution in [0.3, 0.4) is 0 Å². The van der Waals surface area contributed by atoms with E-state index in [4.69, 9.17) is 0 Å². The van der Waals surface area contributed by atoms with E-state index < -0.39 is 8.07 Å². The Balaban J connectivity index is 4.01. The monoisotopic (exact) mass is 174 g/mol. The second kappa shape index (κ2) is 3.19. The van der Waals surface area contributed by atoms with E-state index in [0.717, 1.165) is 0 Å². The van der Waals surface area contributed by atoms with E-state index in [0.29, 0.717) is 5.16 Å². The van der Waals surface area contributed by atoms with Crippen LogP contribution in [0.25, 0.3) is 0 Å². The molecule has 0 aromatic carbocycles. The van der Waals surface area contributed by atoms with Crippen LogP contribution in [-0.2, 0) is 0 Å². The molecule has 0 atom stereocenters. The van der Waals surface area contributed by atoms with E-state index in [-0.39, 0.29) is 0 Å². The van der Waals surface area contributed by atoms with Crippen LogP contribution in [-0.4, -0.2) is 18.6 Å². The number of hydrogen-bond donors (Lipinski definition) is 0. The first-order valence-corrected chi connectivity index (χ1v) is 8.31. The van der Waals surface area contributed by atoms with E-state index in [1.54, 1.807) is 0 Å². The molecule has 0 saturated carbocycles. The van der Waals surface area contributed by atoms with Crippen molar-refractivity contribution in [2.24, 2.45) is 0 Å². The van der Waals surface area contributed by atoms with Gasteiger partial charge in [-0.3, -0.25) is 0 Å². The minimum Gasteiger partial charge on any atom is -0.107 e. The predicted molar refractivity (Wildman–Crippen MR) is 56.1 cm³/mol. The zero-order valence-corrected chi connectivity index (χ0v) is 9.92. The fourth-order valence-electron chi connectivity index (χ4n) is 0.387. The first-order valence-electron chi connectivity index (χ1n) is 3.77. The molecule has 0 nitrogen and oxygen atoms in total. The van der Waals surface area contributed by atoms with Gasteiger partial charge < -0.3 is 0 Å². The minimum absolute atomic E-state index is 0.459. The Labute approximate surface area is 67.8 Å². The molecule has 0 saturated heterocycles. The van der Waals surface area contributed by atoms with Gasteiger partial charge in [0.25, 0.3) is 0 Å². The Morgan fingerprint density at radius 2 is 1.50 bits per heavy atom. The van der Waals surface area contributed by atoms with Crippen molar-refractivity contribution in [1.82, 2.24) is 0 Å². The summed E-state index contributed by atoms with van der Waals surface area (Å²) in [4.78, 5) is 0. The molecule has 0 unspecified atom stereocenters. The lowest BCUT2D eigenvalue weighted by Crippen LogP contribution is -2.22. The summed E-state index contributed by atoms with van der Waals surface area (Å²) in [5.41, 5.74) is 2.51. The summed E-state index contributed by atoms with van der Waals surface area (Å²) in [5, 5.41) is 0.459. The molecule has 0 heterocycles. The van der Waals surface area contributed by atoms with Gasteiger partial charge >= 0.3 is 0 Å². The van der Waals surface area contributed by atoms with Gasteiger partial charge in [-0.25, -0.2) is 0 Å². The summed E-state index contributed by atoms with van der Waals surface area (Å²) < 4.78 is 0. The van der Waals surface area contributed by atoms with Crippen LogP contribution in [0.5, 0.6) is 0 Å². The van der Waals surface area contributed by atoms with E-state index >= 15 is 0 Å². The molecule has 0 N–H and O–H groups in total. The summed E-state index contributed by atoms with van der Waals surface area (Å²) in [6.45, 7) is 14.0. The highest BCUT2D eigenvalue weighted by Crippen LogP contribution is 2.22. The second-order valence-electron chi connectivity index (χ2n) is 4.80. The van der Waals surface area contributed by atoms with Gasteiger partial charge in [0.15, 0.2) is 0 Å². The highest BCUT2D eigenvalue weighted by Gasteiger charge is 2.11. The quantitative estimate of drug-likeness (QED) is 0.422. The Morgan fingerprint density at radius 3 is 1.60 bits per heavy atom. The third-order valence-electron chi connectivity index (χ3n) is 0.839. The fourth-order valence-corrected chi connectivity index (χ4v) is 3.49. The van der Waals surface area contributed by atoms with E-state index in [2.05, 4.69) is 45.8 Å². The first kappa shape index (κ1) is 10.4. The average molecular weight is 174 g/mol. The second-order valence-corrected chi connectivity index (χ2v) is 12.2. The first-order chi connectivity index (χ1) is 4.21. The molecule has 60 valence electrons. The maximum Gasteiger partial charge on any atom is 0.0737 e. The summed E-state index contributed by atoms with van der Waals surface area (Å²) in [6, 6.07) is 0. The van der Waals surface area contributed by atoms with Gasteiger partial charge in [-0.2, -0.15) is 0 Å². The van der Waals surface area contributed by atoms with Gasteiger partial charge in [-0.1, -0.05) is 45.8 Å². The summed E-state index contributed by atoms with van der Waals surface area (Å²) in [5.74, 6) is 0. The third-order valence-corrected chi connectivity index (χ3v) is 5.23. The van der Waals surface area contributed by atoms with Crippen LogP contribution in [0.4, 0.5) is 0 Å². The largest absolute Gasteiger partial charge is 0.107 e. The standard InChI is InChI=1S/C8H19PSi/c1-8(2,3)9-7-10(4,5)6/h7H,1-6H3. The molecule has 0 aliphatic rings. The van der Waals surface area contributed by atoms with Crippen molar-refractivity contribution < 1.29 is 0 Å². The van der Waals surface area contributed by atoms with Crippen molar-refractivity contribution in [2.45, 2.75) is 45.6 Å². The van der Waals surface area contributed by atoms with Gasteiger partial charge in [0.2, 0.25) is 0 Å². The van der Waals surface area contributed by atoms with Crippen LogP contribution in [0, 0.1) is 0 Å². The average Bonchev–Trinajstić information content (AvgIpc) is 1.57. The fraction of sp³-hybridized carbons (Fsp3) is 0.875. The molecule has 0 amide bonds. The molecule has 0 aromatic heterocycles. The normalized spacial score (nSPS) is 14.6. The van der Waals surface area contributed by atoms with Crippen molar-refractivity contribution in [3.05, 3.63) is 0 Å². The van der Waals surface area contributed by atoms with Crippen LogP contribution in [0.1, 0.15) is 20.8 Å². The lowest BCUT2D eigenvalue weighted by molar-refractivity contribution is 0.802. The van der Waals surface area contributed by atoms with Gasteiger partial charge in [0.05, 0.1) is 8.07 Å². The summed E-state index contributed by atoms with van der Waals surface area (Å²) >= 11 is 0. The highest BCUT2D eigenvalue weighted by atomic mass is 31.1. The summed E-state index contributed by atoms with van der Waals surface area (Å²) in [6.07, 6.45) is 0. The molecule has 2 heteroatoms. The molecule has 0 bridgehead atoms. The molecule has 0 fully saturated rings. The molecule has 0 spiro atoms. The predicted octanol–water partition coefficient (Wildman–Crippen LogP) is 3.41. The zero-order valence-electron chi connectivity index (χ0n) is 8.02. The molecule has 0 aliphatic carbocycles. The topological polar surface area (TPSA) is 0 Å². The maximum atomic E-state index is 2.51. The van der Waals surface area contributed by atoms with Gasteiger partial charge in [0.1, 0.15) is 0 Å². The van der Waals surface area contributed by atoms with E-state index in [1.807, 2.05) is 0 Å². The molecule has 0 rings (SSSR count). The SMILES string of the molecule is CC(C)(C)P=C[Si](C)(C)C. The number of rotatable bonds is 1. The lowest BCUT2D eigenvalue weighted by atomic mass is 10.3. The Hall–Kier alpha value is 0.387. The van der Waals surface area contributed by atoms with Crippen LogP contribution in [0.15, 0.2) is 0 Å². The maximum absolute atomic E-state index is 2.51.